The van der Waals surface area contributed by atoms with Gasteiger partial charge in [-0.2, -0.15) is 22.7 Å². The standard InChI is InChI=1S/C23H14N2S2/c1-2-6-18-17(5-1)20(15-8-11-26-13-15)21(16-9-12-27-14-16)23-22(18)24-19-7-3-4-10-25(19)23/h1-14H. The van der Waals surface area contributed by atoms with E-state index < -0.39 is 0 Å². The number of nitrogens with zero attached hydrogens (tertiary/aromatic N) is 2. The van der Waals surface area contributed by atoms with E-state index in [0.717, 1.165) is 11.2 Å². The highest BCUT2D eigenvalue weighted by molar-refractivity contribution is 7.08. The third-order valence-electron chi connectivity index (χ3n) is 5.09. The molecule has 0 aliphatic heterocycles. The summed E-state index contributed by atoms with van der Waals surface area (Å²) in [6.45, 7) is 0. The Labute approximate surface area is 164 Å². The summed E-state index contributed by atoms with van der Waals surface area (Å²) in [7, 11) is 0. The molecule has 4 heteroatoms. The van der Waals surface area contributed by atoms with Gasteiger partial charge >= 0.3 is 0 Å². The van der Waals surface area contributed by atoms with E-state index in [1.54, 1.807) is 22.7 Å². The van der Waals surface area contributed by atoms with Crippen molar-refractivity contribution in [3.63, 3.8) is 0 Å². The number of hydrogen-bond donors (Lipinski definition) is 0. The summed E-state index contributed by atoms with van der Waals surface area (Å²) >= 11 is 3.48. The van der Waals surface area contributed by atoms with Gasteiger partial charge in [-0.05, 0) is 62.3 Å². The Morgan fingerprint density at radius 1 is 0.704 bits per heavy atom. The second-order valence-corrected chi connectivity index (χ2v) is 8.12. The molecule has 0 unspecified atom stereocenters. The minimum atomic E-state index is 0.983. The van der Waals surface area contributed by atoms with Gasteiger partial charge in [-0.3, -0.25) is 4.40 Å². The van der Waals surface area contributed by atoms with Gasteiger partial charge in [0.15, 0.2) is 0 Å². The van der Waals surface area contributed by atoms with E-state index in [0.29, 0.717) is 0 Å². The van der Waals surface area contributed by atoms with Crippen molar-refractivity contribution >= 4 is 50.1 Å². The summed E-state index contributed by atoms with van der Waals surface area (Å²) in [5.41, 5.74) is 8.32. The predicted molar refractivity (Wildman–Crippen MR) is 117 cm³/mol. The highest BCUT2D eigenvalue weighted by atomic mass is 32.1. The molecule has 0 aliphatic rings. The fraction of sp³-hybridized carbons (Fsp3) is 0. The molecule has 0 amide bonds. The van der Waals surface area contributed by atoms with Gasteiger partial charge < -0.3 is 0 Å². The van der Waals surface area contributed by atoms with Crippen LogP contribution in [0.2, 0.25) is 0 Å². The fourth-order valence-corrected chi connectivity index (χ4v) is 5.27. The van der Waals surface area contributed by atoms with Crippen molar-refractivity contribution in [3.8, 4) is 22.3 Å². The number of thiophene rings is 2. The molecule has 0 saturated heterocycles. The first-order valence-corrected chi connectivity index (χ1v) is 10.7. The zero-order chi connectivity index (χ0) is 17.8. The topological polar surface area (TPSA) is 17.3 Å². The largest absolute Gasteiger partial charge is 0.299 e. The van der Waals surface area contributed by atoms with Gasteiger partial charge in [0.1, 0.15) is 5.65 Å². The molecular formula is C23H14N2S2. The van der Waals surface area contributed by atoms with Gasteiger partial charge in [-0.1, -0.05) is 30.3 Å². The average molecular weight is 383 g/mol. The molecule has 0 aliphatic carbocycles. The molecule has 6 rings (SSSR count). The van der Waals surface area contributed by atoms with Crippen LogP contribution in [0.3, 0.4) is 0 Å². The molecule has 4 heterocycles. The molecule has 0 saturated carbocycles. The van der Waals surface area contributed by atoms with Crippen molar-refractivity contribution in [2.24, 2.45) is 0 Å². The Kier molecular flexibility index (Phi) is 3.24. The van der Waals surface area contributed by atoms with E-state index >= 15 is 0 Å². The lowest BCUT2D eigenvalue weighted by Gasteiger charge is -2.14. The molecule has 0 fully saturated rings. The Morgan fingerprint density at radius 3 is 2.15 bits per heavy atom. The molecule has 4 aromatic heterocycles. The first-order valence-electron chi connectivity index (χ1n) is 8.78. The maximum absolute atomic E-state index is 5.01. The molecule has 0 N–H and O–H groups in total. The molecule has 0 bridgehead atoms. The van der Waals surface area contributed by atoms with E-state index in [1.165, 1.54) is 38.5 Å². The summed E-state index contributed by atoms with van der Waals surface area (Å²) in [6.07, 6.45) is 2.12. The quantitative estimate of drug-likeness (QED) is 0.312. The second kappa shape index (κ2) is 5.78. The lowest BCUT2D eigenvalue weighted by atomic mass is 9.90. The Morgan fingerprint density at radius 2 is 1.41 bits per heavy atom. The lowest BCUT2D eigenvalue weighted by Crippen LogP contribution is -1.91. The third kappa shape index (κ3) is 2.14. The van der Waals surface area contributed by atoms with Crippen LogP contribution < -0.4 is 0 Å². The minimum absolute atomic E-state index is 0.983. The molecule has 2 nitrogen and oxygen atoms in total. The number of aromatic nitrogens is 2. The van der Waals surface area contributed by atoms with Crippen LogP contribution in [0, 0.1) is 0 Å². The van der Waals surface area contributed by atoms with Crippen molar-refractivity contribution < 1.29 is 0 Å². The first kappa shape index (κ1) is 15.1. The van der Waals surface area contributed by atoms with Gasteiger partial charge in [0.05, 0.1) is 11.0 Å². The lowest BCUT2D eigenvalue weighted by molar-refractivity contribution is 1.23. The Hall–Kier alpha value is -2.95. The number of imidazole rings is 1. The second-order valence-electron chi connectivity index (χ2n) is 6.56. The maximum atomic E-state index is 5.01. The molecule has 0 atom stereocenters. The van der Waals surface area contributed by atoms with Gasteiger partial charge in [0.25, 0.3) is 0 Å². The van der Waals surface area contributed by atoms with Crippen LogP contribution in [0.15, 0.2) is 82.3 Å². The zero-order valence-electron chi connectivity index (χ0n) is 14.3. The summed E-state index contributed by atoms with van der Waals surface area (Å²) in [5, 5.41) is 11.2. The first-order chi connectivity index (χ1) is 13.4. The van der Waals surface area contributed by atoms with Gasteiger partial charge in [0, 0.05) is 22.7 Å². The monoisotopic (exact) mass is 382 g/mol. The van der Waals surface area contributed by atoms with Crippen LogP contribution in [0.25, 0.3) is 49.7 Å². The summed E-state index contributed by atoms with van der Waals surface area (Å²) in [6, 6.07) is 19.3. The number of rotatable bonds is 2. The van der Waals surface area contributed by atoms with Crippen molar-refractivity contribution in [2.75, 3.05) is 0 Å². The normalized spacial score (nSPS) is 11.7. The van der Waals surface area contributed by atoms with Crippen molar-refractivity contribution in [1.29, 1.82) is 0 Å². The number of hydrogen-bond acceptors (Lipinski definition) is 3. The number of benzene rings is 2. The molecule has 0 spiro atoms. The summed E-state index contributed by atoms with van der Waals surface area (Å²) in [4.78, 5) is 5.01. The molecule has 128 valence electrons. The Bertz CT molecular complexity index is 1410. The molecule has 27 heavy (non-hydrogen) atoms. The Balaban J connectivity index is 1.97. The molecule has 6 aromatic rings. The van der Waals surface area contributed by atoms with Crippen LogP contribution in [-0.4, -0.2) is 9.38 Å². The van der Waals surface area contributed by atoms with Gasteiger partial charge in [-0.25, -0.2) is 4.98 Å². The van der Waals surface area contributed by atoms with Crippen molar-refractivity contribution in [3.05, 3.63) is 82.3 Å². The van der Waals surface area contributed by atoms with Crippen LogP contribution in [0.1, 0.15) is 0 Å². The van der Waals surface area contributed by atoms with E-state index in [-0.39, 0.29) is 0 Å². The van der Waals surface area contributed by atoms with E-state index in [9.17, 15) is 0 Å². The molecular weight excluding hydrogens is 368 g/mol. The summed E-state index contributed by atoms with van der Waals surface area (Å²) in [5.74, 6) is 0. The predicted octanol–water partition coefficient (Wildman–Crippen LogP) is 7.10. The number of fused-ring (bicyclic) bond motifs is 5. The van der Waals surface area contributed by atoms with E-state index in [4.69, 9.17) is 4.98 Å². The van der Waals surface area contributed by atoms with Crippen LogP contribution in [-0.2, 0) is 0 Å². The van der Waals surface area contributed by atoms with Gasteiger partial charge in [0.2, 0.25) is 0 Å². The smallest absolute Gasteiger partial charge is 0.137 e. The van der Waals surface area contributed by atoms with Gasteiger partial charge in [-0.15, -0.1) is 0 Å². The maximum Gasteiger partial charge on any atom is 0.137 e. The van der Waals surface area contributed by atoms with Crippen LogP contribution in [0.4, 0.5) is 0 Å². The summed E-state index contributed by atoms with van der Waals surface area (Å²) < 4.78 is 2.23. The minimum Gasteiger partial charge on any atom is -0.299 e. The highest BCUT2D eigenvalue weighted by Gasteiger charge is 2.21. The third-order valence-corrected chi connectivity index (χ3v) is 6.45. The average Bonchev–Trinajstić information content (AvgIpc) is 3.47. The number of pyridine rings is 1. The zero-order valence-corrected chi connectivity index (χ0v) is 15.9. The van der Waals surface area contributed by atoms with Crippen LogP contribution in [0.5, 0.6) is 0 Å². The SMILES string of the molecule is c1ccc2c(c1)c(-c1ccsc1)c(-c1ccsc1)c1c2nc2ccccn21. The highest BCUT2D eigenvalue weighted by Crippen LogP contribution is 2.45. The van der Waals surface area contributed by atoms with Crippen molar-refractivity contribution in [2.45, 2.75) is 0 Å². The van der Waals surface area contributed by atoms with E-state index in [2.05, 4.69) is 80.6 Å². The molecule has 0 radical (unpaired) electrons. The van der Waals surface area contributed by atoms with Crippen LogP contribution >= 0.6 is 22.7 Å². The van der Waals surface area contributed by atoms with E-state index in [1.807, 2.05) is 6.07 Å². The van der Waals surface area contributed by atoms with Crippen molar-refractivity contribution in [1.82, 2.24) is 9.38 Å². The fourth-order valence-electron chi connectivity index (χ4n) is 3.98. The molecule has 2 aromatic carbocycles.